The Morgan fingerprint density at radius 1 is 1.06 bits per heavy atom. The average Bonchev–Trinajstić information content (AvgIpc) is 3.53. The van der Waals surface area contributed by atoms with Gasteiger partial charge in [-0.3, -0.25) is 19.3 Å². The SMILES string of the molecule is O=C(c1cscn1)N1CCc2c(c(C(=O)N3CCCCC3)nn2CCCc2cccnc2)C1. The van der Waals surface area contributed by atoms with E-state index in [1.807, 2.05) is 21.8 Å². The van der Waals surface area contributed by atoms with Crippen LogP contribution in [0.1, 0.15) is 63.5 Å². The van der Waals surface area contributed by atoms with Crippen LogP contribution in [-0.2, 0) is 25.9 Å². The number of nitrogens with zero attached hydrogens (tertiary/aromatic N) is 6. The molecule has 0 aromatic carbocycles. The van der Waals surface area contributed by atoms with Crippen molar-refractivity contribution in [2.45, 2.75) is 51.6 Å². The Morgan fingerprint density at radius 3 is 2.70 bits per heavy atom. The van der Waals surface area contributed by atoms with Crippen molar-refractivity contribution in [3.05, 3.63) is 63.6 Å². The largest absolute Gasteiger partial charge is 0.337 e. The lowest BCUT2D eigenvalue weighted by atomic mass is 10.0. The van der Waals surface area contributed by atoms with Gasteiger partial charge in [0.25, 0.3) is 11.8 Å². The van der Waals surface area contributed by atoms with Crippen LogP contribution in [0.4, 0.5) is 0 Å². The molecule has 0 bridgehead atoms. The molecule has 2 amide bonds. The molecule has 33 heavy (non-hydrogen) atoms. The van der Waals surface area contributed by atoms with E-state index in [0.29, 0.717) is 30.9 Å². The summed E-state index contributed by atoms with van der Waals surface area (Å²) >= 11 is 1.42. The predicted octanol–water partition coefficient (Wildman–Crippen LogP) is 3.19. The van der Waals surface area contributed by atoms with Crippen LogP contribution in [0.15, 0.2) is 35.4 Å². The van der Waals surface area contributed by atoms with E-state index in [2.05, 4.69) is 16.0 Å². The van der Waals surface area contributed by atoms with Gasteiger partial charge < -0.3 is 9.80 Å². The van der Waals surface area contributed by atoms with E-state index in [0.717, 1.165) is 56.6 Å². The number of piperidine rings is 1. The third-order valence-corrected chi connectivity index (χ3v) is 7.06. The second kappa shape index (κ2) is 9.82. The minimum absolute atomic E-state index is 0.0000771. The van der Waals surface area contributed by atoms with Crippen LogP contribution >= 0.6 is 11.3 Å². The third-order valence-electron chi connectivity index (χ3n) is 6.48. The summed E-state index contributed by atoms with van der Waals surface area (Å²) < 4.78 is 2.01. The zero-order chi connectivity index (χ0) is 22.6. The van der Waals surface area contributed by atoms with E-state index in [1.165, 1.54) is 23.3 Å². The molecule has 0 unspecified atom stereocenters. The highest BCUT2D eigenvalue weighted by atomic mass is 32.1. The van der Waals surface area contributed by atoms with E-state index < -0.39 is 0 Å². The fraction of sp³-hybridized carbons (Fsp3) is 0.458. The molecular weight excluding hydrogens is 436 g/mol. The number of aryl methyl sites for hydroxylation is 2. The lowest BCUT2D eigenvalue weighted by Gasteiger charge is -2.29. The summed E-state index contributed by atoms with van der Waals surface area (Å²) in [7, 11) is 0. The van der Waals surface area contributed by atoms with Crippen molar-refractivity contribution in [3.8, 4) is 0 Å². The summed E-state index contributed by atoms with van der Waals surface area (Å²) in [5, 5.41) is 6.59. The first-order valence-electron chi connectivity index (χ1n) is 11.6. The Kier molecular flexibility index (Phi) is 6.48. The van der Waals surface area contributed by atoms with Gasteiger partial charge in [0.05, 0.1) is 12.1 Å². The quantitative estimate of drug-likeness (QED) is 0.559. The van der Waals surface area contributed by atoms with Crippen molar-refractivity contribution in [2.75, 3.05) is 19.6 Å². The maximum Gasteiger partial charge on any atom is 0.274 e. The van der Waals surface area contributed by atoms with Gasteiger partial charge in [0, 0.05) is 61.6 Å². The van der Waals surface area contributed by atoms with Crippen molar-refractivity contribution < 1.29 is 9.59 Å². The van der Waals surface area contributed by atoms with Crippen LogP contribution < -0.4 is 0 Å². The van der Waals surface area contributed by atoms with Crippen LogP contribution in [0.2, 0.25) is 0 Å². The summed E-state index contributed by atoms with van der Waals surface area (Å²) in [5.74, 6) is -0.0810. The smallest absolute Gasteiger partial charge is 0.274 e. The molecule has 9 heteroatoms. The molecule has 3 aromatic heterocycles. The first-order valence-corrected chi connectivity index (χ1v) is 12.6. The number of hydrogen-bond acceptors (Lipinski definition) is 6. The standard InChI is InChI=1S/C24H28N6O2S/c31-23(20-16-33-17-26-20)29-13-8-21-19(15-29)22(24(32)28-10-2-1-3-11-28)27-30(21)12-5-7-18-6-4-9-25-14-18/h4,6,9,14,16-17H,1-3,5,7-8,10-13,15H2. The minimum atomic E-state index is -0.0809. The number of pyridine rings is 1. The van der Waals surface area contributed by atoms with E-state index in [4.69, 9.17) is 5.10 Å². The van der Waals surface area contributed by atoms with Gasteiger partial charge >= 0.3 is 0 Å². The molecular formula is C24H28N6O2S. The molecule has 2 aliphatic heterocycles. The highest BCUT2D eigenvalue weighted by molar-refractivity contribution is 7.07. The molecule has 172 valence electrons. The van der Waals surface area contributed by atoms with Gasteiger partial charge in [-0.1, -0.05) is 6.07 Å². The maximum atomic E-state index is 13.4. The molecule has 3 aromatic rings. The topological polar surface area (TPSA) is 84.2 Å². The normalized spacial score (nSPS) is 16.0. The van der Waals surface area contributed by atoms with Crippen molar-refractivity contribution in [1.29, 1.82) is 0 Å². The summed E-state index contributed by atoms with van der Waals surface area (Å²) in [4.78, 5) is 38.4. The molecule has 0 atom stereocenters. The van der Waals surface area contributed by atoms with Crippen molar-refractivity contribution in [1.82, 2.24) is 29.5 Å². The summed E-state index contributed by atoms with van der Waals surface area (Å²) in [5.41, 5.74) is 5.85. The van der Waals surface area contributed by atoms with E-state index >= 15 is 0 Å². The van der Waals surface area contributed by atoms with Crippen LogP contribution in [0, 0.1) is 0 Å². The fourth-order valence-electron chi connectivity index (χ4n) is 4.73. The Hall–Kier alpha value is -3.07. The highest BCUT2D eigenvalue weighted by Crippen LogP contribution is 2.26. The van der Waals surface area contributed by atoms with Gasteiger partial charge in [0.2, 0.25) is 0 Å². The molecule has 1 saturated heterocycles. The molecule has 0 radical (unpaired) electrons. The van der Waals surface area contributed by atoms with Crippen LogP contribution in [0.25, 0.3) is 0 Å². The van der Waals surface area contributed by atoms with Crippen molar-refractivity contribution in [3.63, 3.8) is 0 Å². The minimum Gasteiger partial charge on any atom is -0.337 e. The number of thiazole rings is 1. The van der Waals surface area contributed by atoms with Gasteiger partial charge in [0.15, 0.2) is 5.69 Å². The lowest BCUT2D eigenvalue weighted by Crippen LogP contribution is -2.39. The molecule has 0 N–H and O–H groups in total. The first-order chi connectivity index (χ1) is 16.2. The molecule has 1 fully saturated rings. The molecule has 8 nitrogen and oxygen atoms in total. The first kappa shape index (κ1) is 21.8. The fourth-order valence-corrected chi connectivity index (χ4v) is 5.25. The van der Waals surface area contributed by atoms with Crippen molar-refractivity contribution >= 4 is 23.2 Å². The molecule has 5 heterocycles. The number of carbonyl (C=O) groups is 2. The second-order valence-electron chi connectivity index (χ2n) is 8.67. The van der Waals surface area contributed by atoms with E-state index in [9.17, 15) is 9.59 Å². The van der Waals surface area contributed by atoms with Gasteiger partial charge in [-0.15, -0.1) is 11.3 Å². The lowest BCUT2D eigenvalue weighted by molar-refractivity contribution is 0.0695. The van der Waals surface area contributed by atoms with E-state index in [1.54, 1.807) is 22.0 Å². The number of hydrogen-bond donors (Lipinski definition) is 0. The molecule has 0 saturated carbocycles. The summed E-state index contributed by atoms with van der Waals surface area (Å²) in [6.45, 7) is 3.31. The van der Waals surface area contributed by atoms with Crippen LogP contribution in [-0.4, -0.2) is 61.0 Å². The Balaban J connectivity index is 1.38. The van der Waals surface area contributed by atoms with Crippen molar-refractivity contribution in [2.24, 2.45) is 0 Å². The predicted molar refractivity (Wildman–Crippen MR) is 125 cm³/mol. The van der Waals surface area contributed by atoms with Gasteiger partial charge in [-0.2, -0.15) is 5.10 Å². The van der Waals surface area contributed by atoms with Gasteiger partial charge in [-0.25, -0.2) is 4.98 Å². The molecule has 5 rings (SSSR count). The zero-order valence-corrected chi connectivity index (χ0v) is 19.5. The number of fused-ring (bicyclic) bond motifs is 1. The number of likely N-dealkylation sites (tertiary alicyclic amines) is 1. The second-order valence-corrected chi connectivity index (χ2v) is 9.38. The average molecular weight is 465 g/mol. The number of amides is 2. The van der Waals surface area contributed by atoms with Crippen LogP contribution in [0.5, 0.6) is 0 Å². The summed E-state index contributed by atoms with van der Waals surface area (Å²) in [6, 6.07) is 4.03. The Bertz CT molecular complexity index is 1110. The third kappa shape index (κ3) is 4.68. The number of carbonyl (C=O) groups excluding carboxylic acids is 2. The number of aromatic nitrogens is 4. The highest BCUT2D eigenvalue weighted by Gasteiger charge is 2.32. The number of rotatable bonds is 6. The maximum absolute atomic E-state index is 13.4. The Labute approximate surface area is 197 Å². The summed E-state index contributed by atoms with van der Waals surface area (Å²) in [6.07, 6.45) is 9.43. The molecule has 0 aliphatic carbocycles. The monoisotopic (exact) mass is 464 g/mol. The molecule has 2 aliphatic rings. The van der Waals surface area contributed by atoms with E-state index in [-0.39, 0.29) is 11.8 Å². The zero-order valence-electron chi connectivity index (χ0n) is 18.7. The van der Waals surface area contributed by atoms with Crippen LogP contribution in [0.3, 0.4) is 0 Å². The van der Waals surface area contributed by atoms with Gasteiger partial charge in [-0.05, 0) is 43.7 Å². The molecule has 0 spiro atoms. The van der Waals surface area contributed by atoms with Gasteiger partial charge in [0.1, 0.15) is 5.69 Å². The Morgan fingerprint density at radius 2 is 1.94 bits per heavy atom.